The molecule has 0 unspecified atom stereocenters. The number of hydrogen-bond acceptors (Lipinski definition) is 5. The van der Waals surface area contributed by atoms with Crippen molar-refractivity contribution in [3.05, 3.63) is 29.8 Å². The lowest BCUT2D eigenvalue weighted by molar-refractivity contribution is -0.144. The standard InChI is InChI=1S/C19H28N2O4/c1-23-12-10-20-19(22)18-8-7-16-17(25-18)9-11-21(16)13-14-3-5-15(24-2)6-4-14/h3-6,16-18H,7-13H2,1-2H3,(H,20,22)/t16-,17-,18+/m0/s1. The first-order valence-electron chi connectivity index (χ1n) is 9.00. The Balaban J connectivity index is 1.51. The quantitative estimate of drug-likeness (QED) is 0.758. The molecule has 6 heteroatoms. The number of rotatable bonds is 7. The smallest absolute Gasteiger partial charge is 0.249 e. The number of nitrogens with zero attached hydrogens (tertiary/aromatic N) is 1. The molecule has 2 saturated heterocycles. The lowest BCUT2D eigenvalue weighted by Gasteiger charge is -2.35. The van der Waals surface area contributed by atoms with Crippen LogP contribution >= 0.6 is 0 Å². The van der Waals surface area contributed by atoms with Gasteiger partial charge < -0.3 is 19.5 Å². The Kier molecular flexibility index (Phi) is 6.29. The monoisotopic (exact) mass is 348 g/mol. The highest BCUT2D eigenvalue weighted by molar-refractivity contribution is 5.80. The van der Waals surface area contributed by atoms with Crippen molar-refractivity contribution in [1.29, 1.82) is 0 Å². The van der Waals surface area contributed by atoms with E-state index in [4.69, 9.17) is 14.2 Å². The maximum atomic E-state index is 12.2. The molecule has 0 aliphatic carbocycles. The maximum Gasteiger partial charge on any atom is 0.249 e. The Morgan fingerprint density at radius 3 is 2.76 bits per heavy atom. The van der Waals surface area contributed by atoms with Crippen molar-refractivity contribution in [1.82, 2.24) is 10.2 Å². The Labute approximate surface area is 149 Å². The maximum absolute atomic E-state index is 12.2. The molecule has 1 N–H and O–H groups in total. The van der Waals surface area contributed by atoms with E-state index < -0.39 is 0 Å². The van der Waals surface area contributed by atoms with Crippen molar-refractivity contribution in [2.75, 3.05) is 33.9 Å². The molecule has 0 saturated carbocycles. The van der Waals surface area contributed by atoms with Crippen LogP contribution in [0.2, 0.25) is 0 Å². The highest BCUT2D eigenvalue weighted by atomic mass is 16.5. The normalized spacial score (nSPS) is 26.2. The molecule has 0 bridgehead atoms. The lowest BCUT2D eigenvalue weighted by Crippen LogP contribution is -2.48. The number of fused-ring (bicyclic) bond motifs is 1. The summed E-state index contributed by atoms with van der Waals surface area (Å²) in [7, 11) is 3.31. The fourth-order valence-corrected chi connectivity index (χ4v) is 3.76. The van der Waals surface area contributed by atoms with E-state index in [0.717, 1.165) is 38.1 Å². The van der Waals surface area contributed by atoms with Crippen LogP contribution in [0.4, 0.5) is 0 Å². The molecule has 2 aliphatic heterocycles. The van der Waals surface area contributed by atoms with Crippen molar-refractivity contribution in [3.63, 3.8) is 0 Å². The second-order valence-corrected chi connectivity index (χ2v) is 6.70. The number of carbonyl (C=O) groups excluding carboxylic acids is 1. The highest BCUT2D eigenvalue weighted by Crippen LogP contribution is 2.32. The second kappa shape index (κ2) is 8.65. The van der Waals surface area contributed by atoms with E-state index in [0.29, 0.717) is 19.2 Å². The predicted octanol–water partition coefficient (Wildman–Crippen LogP) is 1.58. The first-order chi connectivity index (χ1) is 12.2. The fraction of sp³-hybridized carbons (Fsp3) is 0.632. The zero-order valence-electron chi connectivity index (χ0n) is 15.1. The van der Waals surface area contributed by atoms with Crippen LogP contribution in [-0.4, -0.2) is 63.0 Å². The Hall–Kier alpha value is -1.63. The first-order valence-corrected chi connectivity index (χ1v) is 9.00. The number of ether oxygens (including phenoxy) is 3. The van der Waals surface area contributed by atoms with E-state index >= 15 is 0 Å². The van der Waals surface area contributed by atoms with Crippen LogP contribution in [0.1, 0.15) is 24.8 Å². The Bertz CT molecular complexity index is 563. The largest absolute Gasteiger partial charge is 0.497 e. The molecule has 3 rings (SSSR count). The van der Waals surface area contributed by atoms with E-state index in [1.165, 1.54) is 5.56 Å². The van der Waals surface area contributed by atoms with Gasteiger partial charge in [0.05, 0.1) is 19.8 Å². The van der Waals surface area contributed by atoms with Crippen LogP contribution in [0.25, 0.3) is 0 Å². The summed E-state index contributed by atoms with van der Waals surface area (Å²) < 4.78 is 16.3. The third kappa shape index (κ3) is 4.51. The first kappa shape index (κ1) is 18.2. The molecule has 1 aromatic rings. The Morgan fingerprint density at radius 1 is 1.24 bits per heavy atom. The average molecular weight is 348 g/mol. The zero-order valence-corrected chi connectivity index (χ0v) is 15.1. The molecule has 2 heterocycles. The summed E-state index contributed by atoms with van der Waals surface area (Å²) in [5.74, 6) is 0.871. The van der Waals surface area contributed by atoms with Gasteiger partial charge in [-0.15, -0.1) is 0 Å². The van der Waals surface area contributed by atoms with Crippen LogP contribution < -0.4 is 10.1 Å². The van der Waals surface area contributed by atoms with Gasteiger partial charge in [-0.05, 0) is 37.0 Å². The van der Waals surface area contributed by atoms with Crippen LogP contribution in [0, 0.1) is 0 Å². The van der Waals surface area contributed by atoms with Gasteiger partial charge in [-0.2, -0.15) is 0 Å². The molecule has 0 radical (unpaired) electrons. The van der Waals surface area contributed by atoms with Crippen LogP contribution in [-0.2, 0) is 20.8 Å². The third-order valence-corrected chi connectivity index (χ3v) is 5.11. The summed E-state index contributed by atoms with van der Waals surface area (Å²) in [6.07, 6.45) is 2.61. The Morgan fingerprint density at radius 2 is 2.04 bits per heavy atom. The summed E-state index contributed by atoms with van der Waals surface area (Å²) in [6, 6.07) is 8.63. The summed E-state index contributed by atoms with van der Waals surface area (Å²) in [4.78, 5) is 14.7. The van der Waals surface area contributed by atoms with Crippen molar-refractivity contribution >= 4 is 5.91 Å². The van der Waals surface area contributed by atoms with E-state index in [9.17, 15) is 4.79 Å². The van der Waals surface area contributed by atoms with Crippen LogP contribution in [0.3, 0.4) is 0 Å². The molecule has 0 spiro atoms. The van der Waals surface area contributed by atoms with Crippen molar-refractivity contribution in [3.8, 4) is 5.75 Å². The SMILES string of the molecule is COCCNC(=O)[C@H]1CC[C@H]2[C@H](CCN2Cc2ccc(OC)cc2)O1. The minimum Gasteiger partial charge on any atom is -0.497 e. The van der Waals surface area contributed by atoms with Crippen molar-refractivity contribution < 1.29 is 19.0 Å². The predicted molar refractivity (Wildman–Crippen MR) is 94.6 cm³/mol. The molecule has 1 amide bonds. The van der Waals surface area contributed by atoms with Crippen LogP contribution in [0.15, 0.2) is 24.3 Å². The van der Waals surface area contributed by atoms with Crippen LogP contribution in [0.5, 0.6) is 5.75 Å². The number of carbonyl (C=O) groups is 1. The van der Waals surface area contributed by atoms with Crippen molar-refractivity contribution in [2.45, 2.75) is 44.1 Å². The lowest BCUT2D eigenvalue weighted by atomic mass is 9.98. The number of likely N-dealkylation sites (tertiary alicyclic amines) is 1. The summed E-state index contributed by atoms with van der Waals surface area (Å²) in [5.41, 5.74) is 1.28. The summed E-state index contributed by atoms with van der Waals surface area (Å²) >= 11 is 0. The van der Waals surface area contributed by atoms with E-state index in [2.05, 4.69) is 22.3 Å². The number of nitrogens with one attached hydrogen (secondary N) is 1. The number of amides is 1. The van der Waals surface area contributed by atoms with Gasteiger partial charge >= 0.3 is 0 Å². The van der Waals surface area contributed by atoms with Gasteiger partial charge in [-0.25, -0.2) is 0 Å². The molecule has 138 valence electrons. The summed E-state index contributed by atoms with van der Waals surface area (Å²) in [6.45, 7) is 2.99. The minimum absolute atomic E-state index is 0.0101. The molecule has 0 aromatic heterocycles. The third-order valence-electron chi connectivity index (χ3n) is 5.11. The molecule has 2 fully saturated rings. The van der Waals surface area contributed by atoms with E-state index in [-0.39, 0.29) is 18.1 Å². The molecule has 2 aliphatic rings. The topological polar surface area (TPSA) is 60.0 Å². The van der Waals surface area contributed by atoms with Gasteiger partial charge in [-0.1, -0.05) is 12.1 Å². The molecule has 25 heavy (non-hydrogen) atoms. The van der Waals surface area contributed by atoms with E-state index in [1.807, 2.05) is 12.1 Å². The van der Waals surface area contributed by atoms with Gasteiger partial charge in [-0.3, -0.25) is 9.69 Å². The van der Waals surface area contributed by atoms with Gasteiger partial charge in [0.15, 0.2) is 0 Å². The van der Waals surface area contributed by atoms with Gasteiger partial charge in [0.1, 0.15) is 11.9 Å². The summed E-state index contributed by atoms with van der Waals surface area (Å²) in [5, 5.41) is 2.88. The minimum atomic E-state index is -0.320. The average Bonchev–Trinajstić information content (AvgIpc) is 3.04. The number of methoxy groups -OCH3 is 2. The number of benzene rings is 1. The highest BCUT2D eigenvalue weighted by Gasteiger charge is 2.41. The van der Waals surface area contributed by atoms with Gasteiger partial charge in [0.2, 0.25) is 5.91 Å². The molecular formula is C19H28N2O4. The van der Waals surface area contributed by atoms with Gasteiger partial charge in [0.25, 0.3) is 0 Å². The van der Waals surface area contributed by atoms with E-state index in [1.54, 1.807) is 14.2 Å². The molecule has 6 nitrogen and oxygen atoms in total. The second-order valence-electron chi connectivity index (χ2n) is 6.70. The molecule has 3 atom stereocenters. The van der Waals surface area contributed by atoms with Crippen molar-refractivity contribution in [2.24, 2.45) is 0 Å². The fourth-order valence-electron chi connectivity index (χ4n) is 3.76. The number of hydrogen-bond donors (Lipinski definition) is 1. The van der Waals surface area contributed by atoms with Gasteiger partial charge in [0, 0.05) is 32.8 Å². The zero-order chi connectivity index (χ0) is 17.6. The molecule has 1 aromatic carbocycles. The molecular weight excluding hydrogens is 320 g/mol.